The zero-order valence-electron chi connectivity index (χ0n) is 16.3. The molecule has 0 atom stereocenters. The van der Waals surface area contributed by atoms with Crippen LogP contribution in [-0.4, -0.2) is 32.4 Å². The van der Waals surface area contributed by atoms with Gasteiger partial charge in [0.1, 0.15) is 5.69 Å². The molecule has 0 aliphatic rings. The predicted molar refractivity (Wildman–Crippen MR) is 109 cm³/mol. The number of aryl methyl sites for hydroxylation is 2. The highest BCUT2D eigenvalue weighted by Gasteiger charge is 2.19. The molecule has 2 aromatic heterocycles. The van der Waals surface area contributed by atoms with Crippen molar-refractivity contribution >= 4 is 5.91 Å². The fourth-order valence-electron chi connectivity index (χ4n) is 3.08. The molecule has 1 amide bonds. The molecule has 0 saturated carbocycles. The maximum absolute atomic E-state index is 12.9. The summed E-state index contributed by atoms with van der Waals surface area (Å²) in [6.45, 7) is 4.17. The highest BCUT2D eigenvalue weighted by molar-refractivity contribution is 6.00. The number of aromatic nitrogens is 4. The van der Waals surface area contributed by atoms with Crippen LogP contribution in [0.15, 0.2) is 65.3 Å². The Hall–Kier alpha value is -3.74. The van der Waals surface area contributed by atoms with Crippen molar-refractivity contribution in [3.05, 3.63) is 83.6 Å². The number of amides is 1. The average Bonchev–Trinajstić information content (AvgIpc) is 3.35. The number of benzene rings is 2. The second-order valence-corrected chi connectivity index (χ2v) is 6.78. The van der Waals surface area contributed by atoms with Crippen LogP contribution in [0, 0.1) is 13.8 Å². The Labute approximate surface area is 168 Å². The zero-order valence-corrected chi connectivity index (χ0v) is 16.3. The Balaban J connectivity index is 1.61. The van der Waals surface area contributed by atoms with E-state index in [0.717, 1.165) is 16.8 Å². The Kier molecular flexibility index (Phi) is 5.20. The van der Waals surface area contributed by atoms with Crippen LogP contribution in [-0.2, 0) is 6.42 Å². The predicted octanol–water partition coefficient (Wildman–Crippen LogP) is 3.51. The van der Waals surface area contributed by atoms with Crippen molar-refractivity contribution < 1.29 is 9.32 Å². The van der Waals surface area contributed by atoms with Crippen LogP contribution in [0.1, 0.15) is 27.6 Å². The molecule has 0 fully saturated rings. The summed E-state index contributed by atoms with van der Waals surface area (Å²) in [4.78, 5) is 17.1. The standard InChI is InChI=1S/C22H21N5O2/c1-15-7-6-8-17(13-15)21-19(14-27(25-21)18-9-4-3-5-10-18)22(28)23-12-11-20-24-16(2)26-29-20/h3-10,13-14H,11-12H2,1-2H3,(H,23,28). The minimum atomic E-state index is -0.195. The van der Waals surface area contributed by atoms with E-state index in [1.807, 2.05) is 61.5 Å². The normalized spacial score (nSPS) is 10.8. The molecule has 0 aliphatic carbocycles. The lowest BCUT2D eigenvalue weighted by molar-refractivity contribution is 0.0954. The molecule has 2 aromatic carbocycles. The molecule has 0 saturated heterocycles. The van der Waals surface area contributed by atoms with Crippen molar-refractivity contribution in [2.24, 2.45) is 0 Å². The minimum absolute atomic E-state index is 0.195. The van der Waals surface area contributed by atoms with Gasteiger partial charge in [-0.1, -0.05) is 47.1 Å². The number of rotatable bonds is 6. The van der Waals surface area contributed by atoms with Gasteiger partial charge in [-0.15, -0.1) is 0 Å². The van der Waals surface area contributed by atoms with E-state index in [2.05, 4.69) is 15.5 Å². The van der Waals surface area contributed by atoms with Crippen molar-refractivity contribution in [3.63, 3.8) is 0 Å². The number of hydrogen-bond donors (Lipinski definition) is 1. The SMILES string of the molecule is Cc1cccc(-c2nn(-c3ccccc3)cc2C(=O)NCCc2nc(C)no2)c1. The summed E-state index contributed by atoms with van der Waals surface area (Å²) in [5.74, 6) is 0.888. The van der Waals surface area contributed by atoms with Gasteiger partial charge in [0, 0.05) is 24.7 Å². The molecule has 146 valence electrons. The summed E-state index contributed by atoms with van der Waals surface area (Å²) in [5.41, 5.74) is 4.05. The molecule has 0 radical (unpaired) electrons. The highest BCUT2D eigenvalue weighted by atomic mass is 16.5. The van der Waals surface area contributed by atoms with E-state index in [1.54, 1.807) is 17.8 Å². The Morgan fingerprint density at radius 1 is 1.10 bits per heavy atom. The van der Waals surface area contributed by atoms with Gasteiger partial charge >= 0.3 is 0 Å². The lowest BCUT2D eigenvalue weighted by atomic mass is 10.1. The maximum Gasteiger partial charge on any atom is 0.255 e. The molecular weight excluding hydrogens is 366 g/mol. The van der Waals surface area contributed by atoms with Crippen LogP contribution < -0.4 is 5.32 Å². The number of para-hydroxylation sites is 1. The second kappa shape index (κ2) is 8.10. The van der Waals surface area contributed by atoms with Crippen LogP contribution in [0.2, 0.25) is 0 Å². The zero-order chi connectivity index (χ0) is 20.2. The first kappa shape index (κ1) is 18.6. The first-order valence-corrected chi connectivity index (χ1v) is 9.39. The number of carbonyl (C=O) groups is 1. The van der Waals surface area contributed by atoms with Crippen molar-refractivity contribution in [2.45, 2.75) is 20.3 Å². The van der Waals surface area contributed by atoms with Crippen LogP contribution >= 0.6 is 0 Å². The fraction of sp³-hybridized carbons (Fsp3) is 0.182. The molecule has 0 bridgehead atoms. The van der Waals surface area contributed by atoms with Gasteiger partial charge in [0.05, 0.1) is 11.3 Å². The van der Waals surface area contributed by atoms with E-state index in [9.17, 15) is 4.79 Å². The van der Waals surface area contributed by atoms with Gasteiger partial charge in [-0.2, -0.15) is 10.1 Å². The summed E-state index contributed by atoms with van der Waals surface area (Å²) in [7, 11) is 0. The molecule has 29 heavy (non-hydrogen) atoms. The van der Waals surface area contributed by atoms with Crippen molar-refractivity contribution in [1.82, 2.24) is 25.2 Å². The van der Waals surface area contributed by atoms with E-state index in [1.165, 1.54) is 0 Å². The third-order valence-corrected chi connectivity index (χ3v) is 4.47. The molecule has 0 spiro atoms. The van der Waals surface area contributed by atoms with E-state index in [4.69, 9.17) is 9.62 Å². The van der Waals surface area contributed by atoms with E-state index in [0.29, 0.717) is 35.9 Å². The van der Waals surface area contributed by atoms with Crippen molar-refractivity contribution in [1.29, 1.82) is 0 Å². The van der Waals surface area contributed by atoms with Gasteiger partial charge in [0.15, 0.2) is 5.82 Å². The fourth-order valence-corrected chi connectivity index (χ4v) is 3.08. The Bertz CT molecular complexity index is 1130. The topological polar surface area (TPSA) is 85.8 Å². The smallest absolute Gasteiger partial charge is 0.255 e. The van der Waals surface area contributed by atoms with Gasteiger partial charge in [-0.05, 0) is 32.0 Å². The van der Waals surface area contributed by atoms with E-state index >= 15 is 0 Å². The Morgan fingerprint density at radius 2 is 1.93 bits per heavy atom. The molecule has 4 aromatic rings. The molecule has 4 rings (SSSR count). The summed E-state index contributed by atoms with van der Waals surface area (Å²) in [6.07, 6.45) is 2.23. The first-order chi connectivity index (χ1) is 14.1. The quantitative estimate of drug-likeness (QED) is 0.547. The summed E-state index contributed by atoms with van der Waals surface area (Å²) < 4.78 is 6.82. The lowest BCUT2D eigenvalue weighted by Gasteiger charge is -2.05. The molecule has 2 heterocycles. The van der Waals surface area contributed by atoms with Gasteiger partial charge < -0.3 is 9.84 Å². The van der Waals surface area contributed by atoms with Gasteiger partial charge in [0.2, 0.25) is 5.89 Å². The van der Waals surface area contributed by atoms with Crippen LogP contribution in [0.5, 0.6) is 0 Å². The third kappa shape index (κ3) is 4.24. The summed E-state index contributed by atoms with van der Waals surface area (Å²) >= 11 is 0. The number of nitrogens with one attached hydrogen (secondary N) is 1. The largest absolute Gasteiger partial charge is 0.351 e. The minimum Gasteiger partial charge on any atom is -0.351 e. The molecular formula is C22H21N5O2. The van der Waals surface area contributed by atoms with Gasteiger partial charge in [-0.3, -0.25) is 4.79 Å². The molecule has 7 nitrogen and oxygen atoms in total. The highest BCUT2D eigenvalue weighted by Crippen LogP contribution is 2.24. The van der Waals surface area contributed by atoms with Gasteiger partial charge in [0.25, 0.3) is 5.91 Å². The molecule has 7 heteroatoms. The first-order valence-electron chi connectivity index (χ1n) is 9.39. The summed E-state index contributed by atoms with van der Waals surface area (Å²) in [5, 5.41) is 11.4. The molecule has 0 unspecified atom stereocenters. The number of carbonyl (C=O) groups excluding carboxylic acids is 1. The second-order valence-electron chi connectivity index (χ2n) is 6.78. The van der Waals surface area contributed by atoms with Crippen LogP contribution in [0.25, 0.3) is 16.9 Å². The van der Waals surface area contributed by atoms with E-state index < -0.39 is 0 Å². The van der Waals surface area contributed by atoms with Crippen molar-refractivity contribution in [3.8, 4) is 16.9 Å². The Morgan fingerprint density at radius 3 is 2.66 bits per heavy atom. The lowest BCUT2D eigenvalue weighted by Crippen LogP contribution is -2.26. The van der Waals surface area contributed by atoms with Crippen molar-refractivity contribution in [2.75, 3.05) is 6.54 Å². The van der Waals surface area contributed by atoms with E-state index in [-0.39, 0.29) is 5.91 Å². The number of nitrogens with zero attached hydrogens (tertiary/aromatic N) is 4. The third-order valence-electron chi connectivity index (χ3n) is 4.47. The maximum atomic E-state index is 12.9. The van der Waals surface area contributed by atoms with Crippen LogP contribution in [0.4, 0.5) is 0 Å². The average molecular weight is 387 g/mol. The van der Waals surface area contributed by atoms with Crippen LogP contribution in [0.3, 0.4) is 0 Å². The van der Waals surface area contributed by atoms with Gasteiger partial charge in [-0.25, -0.2) is 4.68 Å². The summed E-state index contributed by atoms with van der Waals surface area (Å²) in [6, 6.07) is 17.7. The molecule has 0 aliphatic heterocycles. The number of hydrogen-bond acceptors (Lipinski definition) is 5. The molecule has 1 N–H and O–H groups in total. The monoisotopic (exact) mass is 387 g/mol.